The maximum absolute atomic E-state index is 14.0. The van der Waals surface area contributed by atoms with Crippen molar-refractivity contribution in [2.24, 2.45) is 0 Å². The molecule has 0 fully saturated rings. The number of esters is 2. The topological polar surface area (TPSA) is 108 Å². The van der Waals surface area contributed by atoms with Crippen molar-refractivity contribution in [3.05, 3.63) is 24.3 Å². The van der Waals surface area contributed by atoms with Crippen molar-refractivity contribution in [1.29, 1.82) is 0 Å². The van der Waals surface area contributed by atoms with E-state index in [1.807, 2.05) is 33.1 Å². The first-order valence-electron chi connectivity index (χ1n) is 28.6. The highest BCUT2D eigenvalue weighted by atomic mass is 16.5. The van der Waals surface area contributed by atoms with Gasteiger partial charge in [0, 0.05) is 32.4 Å². The minimum absolute atomic E-state index is 0.0154. The van der Waals surface area contributed by atoms with E-state index in [2.05, 4.69) is 60.2 Å². The number of allylic oxidation sites excluding steroid dienone is 4. The lowest BCUT2D eigenvalue weighted by Crippen LogP contribution is -2.50. The van der Waals surface area contributed by atoms with Gasteiger partial charge in [0.05, 0.1) is 6.61 Å². The lowest BCUT2D eigenvalue weighted by atomic mass is 10.0. The van der Waals surface area contributed by atoms with Gasteiger partial charge in [0.1, 0.15) is 12.1 Å². The molecule has 0 spiro atoms. The number of carbonyl (C=O) groups excluding carboxylic acids is 4. The van der Waals surface area contributed by atoms with E-state index < -0.39 is 6.04 Å². The summed E-state index contributed by atoms with van der Waals surface area (Å²) in [7, 11) is 8.09. The first-order valence-corrected chi connectivity index (χ1v) is 28.6. The quantitative estimate of drug-likeness (QED) is 0.0365. The molecule has 0 aromatic carbocycles. The van der Waals surface area contributed by atoms with Gasteiger partial charge < -0.3 is 29.5 Å². The molecule has 0 saturated carbocycles. The third-order valence-corrected chi connectivity index (χ3v) is 12.9. The van der Waals surface area contributed by atoms with E-state index >= 15 is 0 Å². The largest absolute Gasteiger partial charge is 0.466 e. The van der Waals surface area contributed by atoms with Crippen LogP contribution in [0.3, 0.4) is 0 Å². The van der Waals surface area contributed by atoms with Gasteiger partial charge in [0.25, 0.3) is 0 Å². The standard InChI is InChI=1S/C58H110N4O6/c1-8-11-14-17-20-21-22-23-24-25-26-27-28-31-36-46-56(64)67-52-39-32-35-44-54(58(66)59-48-40-49-60(4)5)62(51-41-50-61(6)7)55(63)45-37-38-47-57(65)68-53(42-33-29-18-15-12-9-2)43-34-30-19-16-13-10-3/h20-21,23-24,53-54H,8-19,22,25-52H2,1-7H3,(H,59,66)/b21-20-,24-23-. The molecule has 10 heteroatoms. The fraction of sp³-hybridized carbons (Fsp3) is 0.862. The van der Waals surface area contributed by atoms with Gasteiger partial charge in [-0.25, -0.2) is 0 Å². The number of nitrogens with one attached hydrogen (secondary N) is 1. The number of hydrogen-bond acceptors (Lipinski definition) is 8. The maximum Gasteiger partial charge on any atom is 0.306 e. The maximum atomic E-state index is 14.0. The van der Waals surface area contributed by atoms with Crippen LogP contribution in [0.1, 0.15) is 252 Å². The first kappa shape index (κ1) is 65.3. The van der Waals surface area contributed by atoms with Gasteiger partial charge >= 0.3 is 11.9 Å². The zero-order valence-corrected chi connectivity index (χ0v) is 45.7. The van der Waals surface area contributed by atoms with Crippen LogP contribution in [0.4, 0.5) is 0 Å². The molecule has 1 N–H and O–H groups in total. The van der Waals surface area contributed by atoms with Gasteiger partial charge in [0.2, 0.25) is 11.8 Å². The molecule has 0 aromatic rings. The van der Waals surface area contributed by atoms with Crippen LogP contribution >= 0.6 is 0 Å². The van der Waals surface area contributed by atoms with E-state index in [0.29, 0.717) is 58.2 Å². The highest BCUT2D eigenvalue weighted by Crippen LogP contribution is 2.20. The van der Waals surface area contributed by atoms with Gasteiger partial charge in [-0.2, -0.15) is 0 Å². The molecule has 0 heterocycles. The van der Waals surface area contributed by atoms with Gasteiger partial charge in [0.15, 0.2) is 0 Å². The number of unbranched alkanes of at least 4 members (excludes halogenated alkanes) is 21. The number of amides is 2. The Hall–Kier alpha value is -2.72. The Kier molecular flexibility index (Phi) is 47.3. The lowest BCUT2D eigenvalue weighted by molar-refractivity contribution is -0.150. The summed E-state index contributed by atoms with van der Waals surface area (Å²) >= 11 is 0. The summed E-state index contributed by atoms with van der Waals surface area (Å²) in [4.78, 5) is 59.5. The molecule has 2 amide bonds. The number of hydrogen-bond donors (Lipinski definition) is 1. The predicted molar refractivity (Wildman–Crippen MR) is 288 cm³/mol. The summed E-state index contributed by atoms with van der Waals surface area (Å²) in [6.45, 7) is 9.84. The second kappa shape index (κ2) is 49.3. The Balaban J connectivity index is 5.08. The Labute approximate surface area is 420 Å². The Morgan fingerprint density at radius 1 is 0.471 bits per heavy atom. The molecule has 1 unspecified atom stereocenters. The SMILES string of the molecule is CCCCC/C=C\C/C=C\CCCCCCCC(=O)OCCCCCC(C(=O)NCCCN(C)C)N(CCCN(C)C)C(=O)CCCCC(=O)OC(CCCCCCCC)CCCCCCCC. The van der Waals surface area contributed by atoms with E-state index in [1.165, 1.54) is 103 Å². The summed E-state index contributed by atoms with van der Waals surface area (Å²) in [5.74, 6) is -0.407. The van der Waals surface area contributed by atoms with Crippen molar-refractivity contribution in [3.63, 3.8) is 0 Å². The van der Waals surface area contributed by atoms with Crippen LogP contribution < -0.4 is 5.32 Å². The second-order valence-corrected chi connectivity index (χ2v) is 20.2. The predicted octanol–water partition coefficient (Wildman–Crippen LogP) is 14.1. The van der Waals surface area contributed by atoms with Gasteiger partial charge in [-0.15, -0.1) is 0 Å². The number of ether oxygens (including phenoxy) is 2. The first-order chi connectivity index (χ1) is 33.0. The molecule has 0 bridgehead atoms. The molecule has 0 aliphatic carbocycles. The summed E-state index contributed by atoms with van der Waals surface area (Å²) in [5.41, 5.74) is 0. The molecular weight excluding hydrogens is 849 g/mol. The van der Waals surface area contributed by atoms with Crippen LogP contribution in [0, 0.1) is 0 Å². The Bertz CT molecular complexity index is 1220. The van der Waals surface area contributed by atoms with Crippen molar-refractivity contribution >= 4 is 23.8 Å². The van der Waals surface area contributed by atoms with Crippen molar-refractivity contribution in [2.75, 3.05) is 61.0 Å². The third-order valence-electron chi connectivity index (χ3n) is 12.9. The lowest BCUT2D eigenvalue weighted by Gasteiger charge is -2.32. The molecule has 1 atom stereocenters. The molecule has 0 saturated heterocycles. The molecule has 0 radical (unpaired) electrons. The molecule has 10 nitrogen and oxygen atoms in total. The molecule has 0 rings (SSSR count). The number of nitrogens with zero attached hydrogens (tertiary/aromatic N) is 3. The molecular formula is C58H110N4O6. The van der Waals surface area contributed by atoms with Crippen molar-refractivity contribution in [2.45, 2.75) is 264 Å². The number of carbonyl (C=O) groups is 4. The fourth-order valence-corrected chi connectivity index (χ4v) is 8.62. The molecule has 0 aliphatic heterocycles. The van der Waals surface area contributed by atoms with E-state index in [0.717, 1.165) is 103 Å². The van der Waals surface area contributed by atoms with Gasteiger partial charge in [-0.1, -0.05) is 148 Å². The Morgan fingerprint density at radius 2 is 0.941 bits per heavy atom. The third kappa shape index (κ3) is 43.3. The Morgan fingerprint density at radius 3 is 1.56 bits per heavy atom. The van der Waals surface area contributed by atoms with Crippen LogP contribution in [-0.2, 0) is 28.7 Å². The van der Waals surface area contributed by atoms with Crippen molar-refractivity contribution in [1.82, 2.24) is 20.0 Å². The van der Waals surface area contributed by atoms with E-state index in [1.54, 1.807) is 0 Å². The van der Waals surface area contributed by atoms with E-state index in [-0.39, 0.29) is 29.9 Å². The number of rotatable bonds is 50. The van der Waals surface area contributed by atoms with Crippen LogP contribution in [-0.4, -0.2) is 112 Å². The van der Waals surface area contributed by atoms with Crippen LogP contribution in [0.2, 0.25) is 0 Å². The van der Waals surface area contributed by atoms with Crippen LogP contribution in [0.25, 0.3) is 0 Å². The monoisotopic (exact) mass is 959 g/mol. The van der Waals surface area contributed by atoms with E-state index in [9.17, 15) is 19.2 Å². The zero-order chi connectivity index (χ0) is 50.1. The van der Waals surface area contributed by atoms with Crippen molar-refractivity contribution < 1.29 is 28.7 Å². The molecule has 398 valence electrons. The molecule has 0 aliphatic rings. The summed E-state index contributed by atoms with van der Waals surface area (Å²) in [6, 6.07) is -0.570. The average Bonchev–Trinajstić information content (AvgIpc) is 3.31. The second-order valence-electron chi connectivity index (χ2n) is 20.2. The smallest absolute Gasteiger partial charge is 0.306 e. The zero-order valence-electron chi connectivity index (χ0n) is 45.7. The minimum Gasteiger partial charge on any atom is -0.466 e. The summed E-state index contributed by atoms with van der Waals surface area (Å²) in [6.07, 6.45) is 45.1. The fourth-order valence-electron chi connectivity index (χ4n) is 8.62. The van der Waals surface area contributed by atoms with Crippen molar-refractivity contribution in [3.8, 4) is 0 Å². The highest BCUT2D eigenvalue weighted by molar-refractivity contribution is 5.87. The van der Waals surface area contributed by atoms with Crippen LogP contribution in [0.5, 0.6) is 0 Å². The minimum atomic E-state index is -0.570. The summed E-state index contributed by atoms with van der Waals surface area (Å²) in [5, 5.41) is 3.14. The summed E-state index contributed by atoms with van der Waals surface area (Å²) < 4.78 is 11.7. The van der Waals surface area contributed by atoms with Crippen LogP contribution in [0.15, 0.2) is 24.3 Å². The highest BCUT2D eigenvalue weighted by Gasteiger charge is 2.29. The van der Waals surface area contributed by atoms with E-state index in [4.69, 9.17) is 9.47 Å². The van der Waals surface area contributed by atoms with Gasteiger partial charge in [-0.3, -0.25) is 19.2 Å². The molecule has 0 aromatic heterocycles. The normalized spacial score (nSPS) is 12.3. The average molecular weight is 960 g/mol. The van der Waals surface area contributed by atoms with Gasteiger partial charge in [-0.05, 0) is 150 Å². The molecule has 68 heavy (non-hydrogen) atoms.